The Kier molecular flexibility index (Phi) is 6.75. The minimum Gasteiger partial charge on any atom is -0.200 e. The third kappa shape index (κ3) is 3.85. The number of hydrogen-bond donors (Lipinski definition) is 0. The molecule has 1 aliphatic carbocycles. The second-order valence-corrected chi connectivity index (χ2v) is 7.22. The van der Waals surface area contributed by atoms with Crippen molar-refractivity contribution in [3.63, 3.8) is 0 Å². The Morgan fingerprint density at radius 2 is 0.629 bits per heavy atom. The quantitative estimate of drug-likeness (QED) is 0.290. The van der Waals surface area contributed by atoms with E-state index < -0.39 is 78.0 Å². The van der Waals surface area contributed by atoms with Crippen LogP contribution in [0.2, 0.25) is 0 Å². The van der Waals surface area contributed by atoms with Crippen molar-refractivity contribution < 1.29 is 96.6 Å². The predicted molar refractivity (Wildman–Crippen MR) is 62.7 cm³/mol. The summed E-state index contributed by atoms with van der Waals surface area (Å²) in [5, 5.41) is 0. The molecule has 22 heteroatoms. The SMILES string of the molecule is FC(F)(F)C(C1CC(F)(F)C(F)(F)C1C(C(F)(F)F)(C(F)(F)F)C(F)(F)F)(C(F)(F)F)C(F)(F)F. The molecule has 0 bridgehead atoms. The molecular formula is C13H4F22. The van der Waals surface area contributed by atoms with Crippen molar-refractivity contribution >= 4 is 0 Å². The second-order valence-electron chi connectivity index (χ2n) is 7.22. The van der Waals surface area contributed by atoms with E-state index in [-0.39, 0.29) is 0 Å². The summed E-state index contributed by atoms with van der Waals surface area (Å²) in [4.78, 5) is 0. The molecule has 1 saturated carbocycles. The highest BCUT2D eigenvalue weighted by molar-refractivity contribution is 5.21. The van der Waals surface area contributed by atoms with Crippen LogP contribution in [0.1, 0.15) is 6.42 Å². The smallest absolute Gasteiger partial charge is 0.200 e. The fraction of sp³-hybridized carbons (Fsp3) is 1.00. The van der Waals surface area contributed by atoms with Gasteiger partial charge in [0.05, 0.1) is 5.92 Å². The maximum absolute atomic E-state index is 14.1. The van der Waals surface area contributed by atoms with E-state index in [9.17, 15) is 96.6 Å². The van der Waals surface area contributed by atoms with Gasteiger partial charge < -0.3 is 0 Å². The Labute approximate surface area is 176 Å². The van der Waals surface area contributed by atoms with Crippen LogP contribution >= 0.6 is 0 Å². The zero-order chi connectivity index (χ0) is 28.9. The van der Waals surface area contributed by atoms with E-state index >= 15 is 0 Å². The van der Waals surface area contributed by atoms with E-state index in [0.717, 1.165) is 0 Å². The molecule has 0 spiro atoms. The second kappa shape index (κ2) is 7.50. The Balaban J connectivity index is 4.60. The molecule has 0 aromatic heterocycles. The Morgan fingerprint density at radius 1 is 0.400 bits per heavy atom. The van der Waals surface area contributed by atoms with E-state index in [0.29, 0.717) is 0 Å². The van der Waals surface area contributed by atoms with Crippen LogP contribution in [-0.4, -0.2) is 48.9 Å². The molecule has 0 saturated heterocycles. The van der Waals surface area contributed by atoms with Crippen molar-refractivity contribution in [3.05, 3.63) is 0 Å². The van der Waals surface area contributed by atoms with Gasteiger partial charge in [-0.05, 0) is 0 Å². The van der Waals surface area contributed by atoms with E-state index in [1.54, 1.807) is 0 Å². The summed E-state index contributed by atoms with van der Waals surface area (Å²) in [6.45, 7) is 0. The molecule has 210 valence electrons. The average molecular weight is 578 g/mol. The molecule has 0 radical (unpaired) electrons. The van der Waals surface area contributed by atoms with E-state index in [2.05, 4.69) is 0 Å². The average Bonchev–Trinajstić information content (AvgIpc) is 2.58. The Morgan fingerprint density at radius 3 is 0.829 bits per heavy atom. The fourth-order valence-electron chi connectivity index (χ4n) is 4.11. The van der Waals surface area contributed by atoms with Gasteiger partial charge in [-0.2, -0.15) is 96.6 Å². The van der Waals surface area contributed by atoms with Crippen LogP contribution in [0.25, 0.3) is 0 Å². The van der Waals surface area contributed by atoms with Crippen LogP contribution in [0, 0.1) is 22.7 Å². The molecule has 0 nitrogen and oxygen atoms in total. The van der Waals surface area contributed by atoms with E-state index in [1.807, 2.05) is 0 Å². The molecule has 0 aromatic rings. The first kappa shape index (κ1) is 31.5. The van der Waals surface area contributed by atoms with Gasteiger partial charge in [0.25, 0.3) is 10.8 Å². The summed E-state index contributed by atoms with van der Waals surface area (Å²) in [6, 6.07) is 0. The number of hydrogen-bond acceptors (Lipinski definition) is 0. The number of halogens is 22. The van der Waals surface area contributed by atoms with Crippen molar-refractivity contribution in [3.8, 4) is 0 Å². The van der Waals surface area contributed by atoms with Crippen LogP contribution < -0.4 is 0 Å². The predicted octanol–water partition coefficient (Wildman–Crippen LogP) is 8.24. The summed E-state index contributed by atoms with van der Waals surface area (Å²) in [5.41, 5.74) is -16.9. The van der Waals surface area contributed by atoms with Gasteiger partial charge in [-0.25, -0.2) is 0 Å². The number of alkyl halides is 22. The molecule has 1 fully saturated rings. The van der Waals surface area contributed by atoms with Crippen LogP contribution in [0.4, 0.5) is 96.6 Å². The highest BCUT2D eigenvalue weighted by atomic mass is 19.4. The summed E-state index contributed by atoms with van der Waals surface area (Å²) < 4.78 is 293. The Bertz CT molecular complexity index is 705. The zero-order valence-electron chi connectivity index (χ0n) is 15.2. The first-order valence-electron chi connectivity index (χ1n) is 7.87. The molecule has 1 aliphatic rings. The van der Waals surface area contributed by atoms with E-state index in [4.69, 9.17) is 0 Å². The molecule has 2 unspecified atom stereocenters. The summed E-state index contributed by atoms with van der Waals surface area (Å²) >= 11 is 0. The van der Waals surface area contributed by atoms with Crippen molar-refractivity contribution in [1.82, 2.24) is 0 Å². The molecular weight excluding hydrogens is 574 g/mol. The summed E-state index contributed by atoms with van der Waals surface area (Å²) in [6.07, 6.45) is -55.1. The molecule has 0 aliphatic heterocycles. The highest BCUT2D eigenvalue weighted by Crippen LogP contribution is 2.78. The van der Waals surface area contributed by atoms with Gasteiger partial charge in [0.1, 0.15) is 0 Å². The first-order chi connectivity index (χ1) is 14.7. The lowest BCUT2D eigenvalue weighted by atomic mass is 9.58. The van der Waals surface area contributed by atoms with Crippen molar-refractivity contribution in [2.75, 3.05) is 0 Å². The van der Waals surface area contributed by atoms with Gasteiger partial charge in [0, 0.05) is 12.3 Å². The van der Waals surface area contributed by atoms with Crippen molar-refractivity contribution in [2.24, 2.45) is 22.7 Å². The first-order valence-corrected chi connectivity index (χ1v) is 7.87. The van der Waals surface area contributed by atoms with Crippen molar-refractivity contribution in [1.29, 1.82) is 0 Å². The molecule has 2 atom stereocenters. The maximum atomic E-state index is 14.1. The third-order valence-corrected chi connectivity index (χ3v) is 5.46. The highest BCUT2D eigenvalue weighted by Gasteiger charge is 2.99. The Hall–Kier alpha value is -1.54. The van der Waals surface area contributed by atoms with Gasteiger partial charge in [0.15, 0.2) is 0 Å². The molecule has 0 amide bonds. The maximum Gasteiger partial charge on any atom is 0.412 e. The van der Waals surface area contributed by atoms with Crippen LogP contribution in [0.3, 0.4) is 0 Å². The van der Waals surface area contributed by atoms with Gasteiger partial charge in [-0.3, -0.25) is 0 Å². The molecule has 35 heavy (non-hydrogen) atoms. The molecule has 1 rings (SSSR count). The normalized spacial score (nSPS) is 25.2. The molecule has 0 heterocycles. The van der Waals surface area contributed by atoms with E-state index in [1.165, 1.54) is 0 Å². The van der Waals surface area contributed by atoms with Gasteiger partial charge in [-0.15, -0.1) is 0 Å². The van der Waals surface area contributed by atoms with Gasteiger partial charge in [-0.1, -0.05) is 0 Å². The molecule has 0 aromatic carbocycles. The summed E-state index contributed by atoms with van der Waals surface area (Å²) in [7, 11) is 0. The van der Waals surface area contributed by atoms with Gasteiger partial charge in [0.2, 0.25) is 0 Å². The zero-order valence-corrected chi connectivity index (χ0v) is 15.2. The monoisotopic (exact) mass is 578 g/mol. The molecule has 0 N–H and O–H groups in total. The summed E-state index contributed by atoms with van der Waals surface area (Å²) in [5.74, 6) is -28.4. The van der Waals surface area contributed by atoms with Crippen LogP contribution in [0.5, 0.6) is 0 Å². The van der Waals surface area contributed by atoms with Crippen LogP contribution in [0.15, 0.2) is 0 Å². The third-order valence-electron chi connectivity index (χ3n) is 5.46. The van der Waals surface area contributed by atoms with Crippen molar-refractivity contribution in [2.45, 2.75) is 55.3 Å². The van der Waals surface area contributed by atoms with Gasteiger partial charge >= 0.3 is 48.9 Å². The lowest BCUT2D eigenvalue weighted by molar-refractivity contribution is -0.486. The number of rotatable bonds is 2. The lowest BCUT2D eigenvalue weighted by Gasteiger charge is -2.50. The topological polar surface area (TPSA) is 0 Å². The lowest BCUT2D eigenvalue weighted by Crippen LogP contribution is -2.72. The standard InChI is InChI=1S/C13H4F22/c14-4(15)1-2(5(8(18,19)20,9(21,22)23)10(24,25)26)3(7(4,16)17)6(11(27,28)29,12(30,31)32)13(33,34)35/h2-3H,1H2. The minimum absolute atomic E-state index is 4.45. The largest absolute Gasteiger partial charge is 0.412 e. The van der Waals surface area contributed by atoms with Crippen LogP contribution in [-0.2, 0) is 0 Å². The fourth-order valence-corrected chi connectivity index (χ4v) is 4.11. The minimum atomic E-state index is -8.62.